The molecule has 11 nitrogen and oxygen atoms in total. The van der Waals surface area contributed by atoms with Gasteiger partial charge in [0.25, 0.3) is 20.2 Å². The van der Waals surface area contributed by atoms with Gasteiger partial charge in [0.1, 0.15) is 17.3 Å². The fraction of sp³-hybridized carbons (Fsp3) is 0.380. The molecule has 1 unspecified atom stereocenters. The summed E-state index contributed by atoms with van der Waals surface area (Å²) in [6, 6.07) is 22.8. The summed E-state index contributed by atoms with van der Waals surface area (Å²) in [5, 5.41) is 11.4. The van der Waals surface area contributed by atoms with E-state index in [1.165, 1.54) is 30.3 Å². The van der Waals surface area contributed by atoms with E-state index in [9.17, 15) is 40.2 Å². The van der Waals surface area contributed by atoms with Crippen LogP contribution in [0.15, 0.2) is 131 Å². The number of carboxylic acids is 1. The van der Waals surface area contributed by atoms with Gasteiger partial charge in [0.2, 0.25) is 0 Å². The predicted octanol–water partition coefficient (Wildman–Crippen LogP) is 7.69. The van der Waals surface area contributed by atoms with Crippen LogP contribution in [-0.2, 0) is 35.9 Å². The number of hydrogen-bond acceptors (Lipinski definition) is 8. The number of carboxylic acid groups (broad SMARTS) is 1. The Bertz CT molecular complexity index is 2780. The van der Waals surface area contributed by atoms with Gasteiger partial charge in [-0.25, -0.2) is 4.39 Å². The van der Waals surface area contributed by atoms with E-state index >= 15 is 0 Å². The minimum absolute atomic E-state index is 0. The van der Waals surface area contributed by atoms with Gasteiger partial charge >= 0.3 is 35.5 Å². The molecule has 4 aromatic rings. The zero-order chi connectivity index (χ0) is 46.0. The summed E-state index contributed by atoms with van der Waals surface area (Å²) in [4.78, 5) is 15.4. The van der Waals surface area contributed by atoms with Gasteiger partial charge in [0.15, 0.2) is 0 Å². The van der Waals surface area contributed by atoms with Crippen LogP contribution in [0.5, 0.6) is 5.75 Å². The number of unbranched alkanes of at least 4 members (excludes halogenated alkanes) is 3. The van der Waals surface area contributed by atoms with Gasteiger partial charge in [-0.1, -0.05) is 82.7 Å². The van der Waals surface area contributed by atoms with Gasteiger partial charge in [-0.3, -0.25) is 13.9 Å². The molecule has 0 aromatic heterocycles. The van der Waals surface area contributed by atoms with Crippen LogP contribution >= 0.6 is 0 Å². The second-order valence-corrected chi connectivity index (χ2v) is 21.0. The molecule has 2 heterocycles. The number of benzene rings is 4. The molecule has 3 N–H and O–H groups in total. The molecule has 0 bridgehead atoms. The first-order chi connectivity index (χ1) is 30.3. The third-order valence-corrected chi connectivity index (χ3v) is 14.5. The molecule has 340 valence electrons. The molecule has 0 radical (unpaired) electrons. The molecule has 0 saturated heterocycles. The standard InChI is InChI=1S/C50H57FN2O9S2.Na/c1-49(2)41-33-37(51)21-27-42(41)52(30-9-5-6-17-46(54)55)44(49)28-19-35-14-12-15-36(48(35)62-38-22-24-39(25-23-38)64(59,60)61)20-29-45-50(3,4)47-40-16-8-7-13-34(40)18-26-43(47)53(45)31-10-11-32-63(56,57)58;/h7-8,13,16,18-29,33,44H,5-6,9-12,14-15,17,30-32H2,1-4H3,(H,54,55)(H,56,57,58)(H,59,60,61);/q;+1/b28-19+,36-20+,45-29+;. The Morgan fingerprint density at radius 2 is 1.55 bits per heavy atom. The van der Waals surface area contributed by atoms with Crippen molar-refractivity contribution in [2.24, 2.45) is 0 Å². The van der Waals surface area contributed by atoms with Crippen LogP contribution in [0, 0.1) is 5.82 Å². The van der Waals surface area contributed by atoms with Gasteiger partial charge in [-0.15, -0.1) is 0 Å². The van der Waals surface area contributed by atoms with Crippen LogP contribution in [0.3, 0.4) is 0 Å². The van der Waals surface area contributed by atoms with Gasteiger partial charge in [0.05, 0.1) is 16.7 Å². The summed E-state index contributed by atoms with van der Waals surface area (Å²) in [5.74, 6) is -0.473. The van der Waals surface area contributed by atoms with Crippen LogP contribution in [0.25, 0.3) is 10.8 Å². The molecule has 2 aliphatic heterocycles. The van der Waals surface area contributed by atoms with E-state index in [2.05, 4.69) is 86.1 Å². The molecule has 0 saturated carbocycles. The van der Waals surface area contributed by atoms with E-state index in [1.54, 1.807) is 6.07 Å². The number of hydrogen-bond donors (Lipinski definition) is 3. The number of allylic oxidation sites excluding steroid dienone is 6. The summed E-state index contributed by atoms with van der Waals surface area (Å²) in [6.07, 6.45) is 13.6. The van der Waals surface area contributed by atoms with E-state index in [0.29, 0.717) is 56.7 Å². The van der Waals surface area contributed by atoms with Crippen molar-refractivity contribution >= 4 is 48.4 Å². The molecular formula is C50H57FN2NaO9S2+. The minimum atomic E-state index is -4.43. The summed E-state index contributed by atoms with van der Waals surface area (Å²) in [7, 11) is -8.54. The normalized spacial score (nSPS) is 19.3. The maximum atomic E-state index is 14.8. The Balaban J connectivity index is 0.00000700. The van der Waals surface area contributed by atoms with Crippen molar-refractivity contribution in [3.05, 3.63) is 143 Å². The second-order valence-electron chi connectivity index (χ2n) is 18.0. The number of rotatable bonds is 17. The van der Waals surface area contributed by atoms with E-state index < -0.39 is 37.0 Å². The van der Waals surface area contributed by atoms with Crippen molar-refractivity contribution in [2.45, 2.75) is 107 Å². The van der Waals surface area contributed by atoms with Crippen LogP contribution in [0.2, 0.25) is 0 Å². The summed E-state index contributed by atoms with van der Waals surface area (Å²) in [5.41, 5.74) is 5.90. The number of carbonyl (C=O) groups is 1. The third-order valence-electron chi connectivity index (χ3n) is 12.9. The predicted molar refractivity (Wildman–Crippen MR) is 250 cm³/mol. The Kier molecular flexibility index (Phi) is 15.7. The SMILES string of the molecule is CC1(C)/C(=C\C=C2/CCCC(/C=C/C3N(CCCCCC(=O)O)c4ccc(F)cc4C3(C)C)=C2Oc2ccc(S(=O)(=O)O)cc2)N(CCCCS(=O)(=O)O)c2ccc3ccccc3c21.[Na+]. The molecule has 15 heteroatoms. The maximum absolute atomic E-state index is 14.8. The molecule has 1 atom stereocenters. The van der Waals surface area contributed by atoms with Crippen LogP contribution in [0.1, 0.15) is 96.6 Å². The molecule has 0 amide bonds. The van der Waals surface area contributed by atoms with Crippen LogP contribution in [-0.4, -0.2) is 61.9 Å². The number of fused-ring (bicyclic) bond motifs is 4. The Hall–Kier alpha value is -4.28. The summed E-state index contributed by atoms with van der Waals surface area (Å²) >= 11 is 0. The largest absolute Gasteiger partial charge is 1.00 e. The Morgan fingerprint density at radius 1 is 0.846 bits per heavy atom. The first kappa shape index (κ1) is 50.1. The minimum Gasteiger partial charge on any atom is -0.481 e. The summed E-state index contributed by atoms with van der Waals surface area (Å²) in [6.45, 7) is 9.75. The summed E-state index contributed by atoms with van der Waals surface area (Å²) < 4.78 is 87.7. The molecule has 7 rings (SSSR count). The van der Waals surface area contributed by atoms with Crippen LogP contribution in [0.4, 0.5) is 15.8 Å². The monoisotopic (exact) mass is 935 g/mol. The second kappa shape index (κ2) is 20.3. The number of aliphatic carboxylic acids is 1. The van der Waals surface area contributed by atoms with Gasteiger partial charge in [-0.05, 0) is 133 Å². The third kappa shape index (κ3) is 11.3. The van der Waals surface area contributed by atoms with E-state index in [0.717, 1.165) is 69.4 Å². The molecule has 0 spiro atoms. The van der Waals surface area contributed by atoms with Crippen molar-refractivity contribution in [1.82, 2.24) is 0 Å². The molecule has 3 aliphatic rings. The van der Waals surface area contributed by atoms with Gasteiger partial charge in [0, 0.05) is 47.4 Å². The van der Waals surface area contributed by atoms with E-state index in [-0.39, 0.29) is 58.5 Å². The average Bonchev–Trinajstić information content (AvgIpc) is 3.58. The topological polar surface area (TPSA) is 162 Å². The van der Waals surface area contributed by atoms with Gasteiger partial charge < -0.3 is 19.6 Å². The number of nitrogens with zero attached hydrogens (tertiary/aromatic N) is 2. The first-order valence-corrected chi connectivity index (χ1v) is 24.9. The van der Waals surface area contributed by atoms with Crippen molar-refractivity contribution in [1.29, 1.82) is 0 Å². The molecular weight excluding hydrogens is 879 g/mol. The van der Waals surface area contributed by atoms with Crippen molar-refractivity contribution in [3.63, 3.8) is 0 Å². The fourth-order valence-corrected chi connectivity index (χ4v) is 10.7. The molecule has 65 heavy (non-hydrogen) atoms. The number of ether oxygens (including phenoxy) is 1. The number of anilines is 2. The molecule has 4 aromatic carbocycles. The van der Waals surface area contributed by atoms with E-state index in [1.807, 2.05) is 18.2 Å². The Labute approximate surface area is 404 Å². The zero-order valence-corrected chi connectivity index (χ0v) is 41.4. The van der Waals surface area contributed by atoms with Crippen molar-refractivity contribution in [3.8, 4) is 5.75 Å². The van der Waals surface area contributed by atoms with E-state index in [4.69, 9.17) is 4.74 Å². The van der Waals surface area contributed by atoms with Crippen molar-refractivity contribution in [2.75, 3.05) is 28.6 Å². The molecule has 1 aliphatic carbocycles. The Morgan fingerprint density at radius 3 is 2.26 bits per heavy atom. The van der Waals surface area contributed by atoms with Gasteiger partial charge in [-0.2, -0.15) is 16.8 Å². The zero-order valence-electron chi connectivity index (χ0n) is 37.8. The quantitative estimate of drug-likeness (QED) is 0.0541. The van der Waals surface area contributed by atoms with Crippen LogP contribution < -0.4 is 44.1 Å². The fourth-order valence-electron chi connectivity index (χ4n) is 9.68. The first-order valence-electron chi connectivity index (χ1n) is 21.9. The maximum Gasteiger partial charge on any atom is 1.00 e. The smallest absolute Gasteiger partial charge is 0.481 e. The van der Waals surface area contributed by atoms with Crippen molar-refractivity contribution < 1.29 is 74.5 Å². The number of halogens is 1. The molecule has 0 fully saturated rings. The average molecular weight is 936 g/mol.